The molecule has 0 amide bonds. The van der Waals surface area contributed by atoms with Crippen LogP contribution < -0.4 is 0 Å². The van der Waals surface area contributed by atoms with Crippen LogP contribution in [0.25, 0.3) is 0 Å². The summed E-state index contributed by atoms with van der Waals surface area (Å²) in [7, 11) is 0. The molecule has 1 saturated heterocycles. The van der Waals surface area contributed by atoms with Crippen LogP contribution in [-0.2, 0) is 4.74 Å². The summed E-state index contributed by atoms with van der Waals surface area (Å²) in [4.78, 5) is 0. The Balaban J connectivity index is 2.73. The summed E-state index contributed by atoms with van der Waals surface area (Å²) in [6.45, 7) is 5.26. The molecule has 1 aliphatic rings. The van der Waals surface area contributed by atoms with Gasteiger partial charge in [0.05, 0.1) is 12.7 Å². The van der Waals surface area contributed by atoms with E-state index in [1.165, 1.54) is 6.08 Å². The van der Waals surface area contributed by atoms with Gasteiger partial charge >= 0.3 is 0 Å². The summed E-state index contributed by atoms with van der Waals surface area (Å²) in [5.41, 5.74) is -1.24. The molecule has 0 aromatic heterocycles. The molecule has 1 heterocycles. The number of aliphatic hydroxyl groups is 2. The van der Waals surface area contributed by atoms with Crippen molar-refractivity contribution in [3.63, 3.8) is 0 Å². The number of hydrogen-bond acceptors (Lipinski definition) is 3. The highest BCUT2D eigenvalue weighted by Gasteiger charge is 2.43. The number of aliphatic hydroxyl groups excluding tert-OH is 1. The van der Waals surface area contributed by atoms with Gasteiger partial charge in [0.15, 0.2) is 0 Å². The minimum Gasteiger partial charge on any atom is -0.387 e. The Hall–Kier alpha value is -0.380. The molecule has 0 radical (unpaired) electrons. The number of ether oxygens (including phenoxy) is 1. The van der Waals surface area contributed by atoms with Crippen LogP contribution in [0.4, 0.5) is 0 Å². The van der Waals surface area contributed by atoms with Crippen molar-refractivity contribution in [3.05, 3.63) is 12.7 Å². The first kappa shape index (κ1) is 7.72. The monoisotopic (exact) mass is 144 g/mol. The van der Waals surface area contributed by atoms with E-state index in [9.17, 15) is 10.2 Å². The van der Waals surface area contributed by atoms with Crippen LogP contribution >= 0.6 is 0 Å². The molecule has 0 aromatic rings. The third kappa shape index (κ3) is 0.963. The highest BCUT2D eigenvalue weighted by Crippen LogP contribution is 2.24. The van der Waals surface area contributed by atoms with E-state index in [0.717, 1.165) is 0 Å². The fraction of sp³-hybridized carbons (Fsp3) is 0.714. The smallest absolute Gasteiger partial charge is 0.134 e. The first-order valence-corrected chi connectivity index (χ1v) is 3.26. The standard InChI is InChI=1S/C7H12O3/c1-3-7(9)4-10-5(2)6(7)8/h3,5-6,8-9H,1,4H2,2H3/t5-,6-,7-/m1/s1. The van der Waals surface area contributed by atoms with Crippen LogP contribution in [0.5, 0.6) is 0 Å². The lowest BCUT2D eigenvalue weighted by molar-refractivity contribution is -0.0124. The molecule has 0 unspecified atom stereocenters. The van der Waals surface area contributed by atoms with Crippen molar-refractivity contribution in [2.24, 2.45) is 0 Å². The first-order valence-electron chi connectivity index (χ1n) is 3.26. The van der Waals surface area contributed by atoms with Gasteiger partial charge in [-0.15, -0.1) is 6.58 Å². The summed E-state index contributed by atoms with van der Waals surface area (Å²) in [6, 6.07) is 0. The van der Waals surface area contributed by atoms with E-state index < -0.39 is 11.7 Å². The third-order valence-electron chi connectivity index (χ3n) is 1.89. The van der Waals surface area contributed by atoms with Crippen molar-refractivity contribution >= 4 is 0 Å². The maximum absolute atomic E-state index is 9.45. The van der Waals surface area contributed by atoms with E-state index in [2.05, 4.69) is 6.58 Å². The lowest BCUT2D eigenvalue weighted by Crippen LogP contribution is -2.40. The summed E-state index contributed by atoms with van der Waals surface area (Å²) in [5.74, 6) is 0. The highest BCUT2D eigenvalue weighted by atomic mass is 16.5. The van der Waals surface area contributed by atoms with Gasteiger partial charge in [-0.05, 0) is 6.92 Å². The molecule has 1 rings (SSSR count). The first-order chi connectivity index (χ1) is 4.60. The van der Waals surface area contributed by atoms with Crippen LogP contribution in [0, 0.1) is 0 Å². The summed E-state index contributed by atoms with van der Waals surface area (Å²) in [5, 5.41) is 18.7. The van der Waals surface area contributed by atoms with Gasteiger partial charge in [0, 0.05) is 0 Å². The molecular weight excluding hydrogens is 132 g/mol. The van der Waals surface area contributed by atoms with E-state index in [0.29, 0.717) is 0 Å². The Kier molecular flexibility index (Phi) is 1.81. The summed E-state index contributed by atoms with van der Waals surface area (Å²) in [6.07, 6.45) is 0.175. The van der Waals surface area contributed by atoms with Crippen LogP contribution in [-0.4, -0.2) is 34.6 Å². The fourth-order valence-electron chi connectivity index (χ4n) is 1.03. The average molecular weight is 144 g/mol. The van der Waals surface area contributed by atoms with Crippen molar-refractivity contribution in [1.82, 2.24) is 0 Å². The van der Waals surface area contributed by atoms with Crippen LogP contribution in [0.2, 0.25) is 0 Å². The average Bonchev–Trinajstić information content (AvgIpc) is 2.19. The Labute approximate surface area is 59.9 Å². The molecule has 0 aromatic carbocycles. The molecule has 3 atom stereocenters. The van der Waals surface area contributed by atoms with Gasteiger partial charge in [-0.25, -0.2) is 0 Å². The van der Waals surface area contributed by atoms with Gasteiger partial charge in [0.25, 0.3) is 0 Å². The lowest BCUT2D eigenvalue weighted by atomic mass is 9.98. The fourth-order valence-corrected chi connectivity index (χ4v) is 1.03. The van der Waals surface area contributed by atoms with E-state index >= 15 is 0 Å². The number of rotatable bonds is 1. The summed E-state index contributed by atoms with van der Waals surface area (Å²) >= 11 is 0. The van der Waals surface area contributed by atoms with Crippen LogP contribution in [0.1, 0.15) is 6.92 Å². The zero-order valence-electron chi connectivity index (χ0n) is 5.95. The zero-order chi connectivity index (χ0) is 7.78. The molecule has 0 saturated carbocycles. The van der Waals surface area contributed by atoms with Gasteiger partial charge in [0.1, 0.15) is 11.7 Å². The third-order valence-corrected chi connectivity index (χ3v) is 1.89. The van der Waals surface area contributed by atoms with Gasteiger partial charge in [-0.2, -0.15) is 0 Å². The SMILES string of the molecule is C=C[C@@]1(O)CO[C@H](C)[C@H]1O. The van der Waals surface area contributed by atoms with Gasteiger partial charge in [-0.3, -0.25) is 0 Å². The van der Waals surface area contributed by atoms with Crippen LogP contribution in [0.3, 0.4) is 0 Å². The van der Waals surface area contributed by atoms with E-state index in [1.807, 2.05) is 0 Å². The van der Waals surface area contributed by atoms with Crippen molar-refractivity contribution in [3.8, 4) is 0 Å². The van der Waals surface area contributed by atoms with Gasteiger partial charge in [-0.1, -0.05) is 6.08 Å². The molecule has 10 heavy (non-hydrogen) atoms. The molecule has 0 spiro atoms. The molecule has 58 valence electrons. The Morgan fingerprint density at radius 2 is 2.40 bits per heavy atom. The quantitative estimate of drug-likeness (QED) is 0.496. The minimum atomic E-state index is -1.24. The second-order valence-corrected chi connectivity index (χ2v) is 2.66. The maximum atomic E-state index is 9.45. The van der Waals surface area contributed by atoms with Crippen molar-refractivity contribution < 1.29 is 14.9 Å². The Morgan fingerprint density at radius 3 is 2.60 bits per heavy atom. The van der Waals surface area contributed by atoms with E-state index in [-0.39, 0.29) is 12.7 Å². The van der Waals surface area contributed by atoms with Crippen molar-refractivity contribution in [2.75, 3.05) is 6.61 Å². The molecular formula is C7H12O3. The molecule has 3 nitrogen and oxygen atoms in total. The Bertz CT molecular complexity index is 146. The second-order valence-electron chi connectivity index (χ2n) is 2.66. The molecule has 3 heteroatoms. The van der Waals surface area contributed by atoms with Crippen molar-refractivity contribution in [2.45, 2.75) is 24.7 Å². The van der Waals surface area contributed by atoms with Gasteiger partial charge in [0.2, 0.25) is 0 Å². The molecule has 1 aliphatic heterocycles. The maximum Gasteiger partial charge on any atom is 0.134 e. The second kappa shape index (κ2) is 2.34. The lowest BCUT2D eigenvalue weighted by Gasteiger charge is -2.20. The summed E-state index contributed by atoms with van der Waals surface area (Å²) < 4.78 is 5.00. The molecule has 1 fully saturated rings. The highest BCUT2D eigenvalue weighted by molar-refractivity contribution is 5.06. The molecule has 2 N–H and O–H groups in total. The van der Waals surface area contributed by atoms with Gasteiger partial charge < -0.3 is 14.9 Å². The molecule has 0 aliphatic carbocycles. The van der Waals surface area contributed by atoms with Crippen molar-refractivity contribution in [1.29, 1.82) is 0 Å². The molecule has 0 bridgehead atoms. The van der Waals surface area contributed by atoms with Crippen LogP contribution in [0.15, 0.2) is 12.7 Å². The predicted molar refractivity (Wildman–Crippen MR) is 36.6 cm³/mol. The van der Waals surface area contributed by atoms with E-state index in [1.54, 1.807) is 6.92 Å². The van der Waals surface area contributed by atoms with E-state index in [4.69, 9.17) is 4.74 Å². The number of hydrogen-bond donors (Lipinski definition) is 2. The Morgan fingerprint density at radius 1 is 1.80 bits per heavy atom. The zero-order valence-corrected chi connectivity index (χ0v) is 5.95. The normalized spacial score (nSPS) is 47.5. The predicted octanol–water partition coefficient (Wildman–Crippen LogP) is -0.317. The minimum absolute atomic E-state index is 0.138. The largest absolute Gasteiger partial charge is 0.387 e. The topological polar surface area (TPSA) is 49.7 Å².